The second-order valence-electron chi connectivity index (χ2n) is 7.45. The van der Waals surface area contributed by atoms with Crippen LogP contribution in [-0.4, -0.2) is 34.4 Å². The molecule has 2 aliphatic rings. The van der Waals surface area contributed by atoms with E-state index in [1.54, 1.807) is 12.1 Å². The fourth-order valence-electron chi connectivity index (χ4n) is 4.09. The second kappa shape index (κ2) is 8.09. The van der Waals surface area contributed by atoms with Gasteiger partial charge in [-0.25, -0.2) is 0 Å². The Hall–Kier alpha value is -2.40. The van der Waals surface area contributed by atoms with Gasteiger partial charge in [-0.05, 0) is 73.8 Å². The third kappa shape index (κ3) is 3.69. The Morgan fingerprint density at radius 3 is 2.93 bits per heavy atom. The van der Waals surface area contributed by atoms with Crippen LogP contribution in [0.3, 0.4) is 0 Å². The smallest absolute Gasteiger partial charge is 0.154 e. The number of hydrogen-bond donors (Lipinski definition) is 1. The van der Waals surface area contributed by atoms with E-state index >= 15 is 0 Å². The number of rotatable bonds is 7. The first-order valence-electron chi connectivity index (χ1n) is 9.86. The van der Waals surface area contributed by atoms with Gasteiger partial charge >= 0.3 is 0 Å². The number of carbonyl (C=O) groups excluding carboxylic acids is 1. The van der Waals surface area contributed by atoms with Crippen LogP contribution in [0.4, 0.5) is 0 Å². The van der Waals surface area contributed by atoms with Crippen molar-refractivity contribution in [3.05, 3.63) is 52.9 Å². The summed E-state index contributed by atoms with van der Waals surface area (Å²) in [5, 5.41) is 14.4. The molecule has 2 heterocycles. The SMILES string of the molecule is O=Cc1c(O)cccc1CCCC1=C(c2ccnn2C2CCC2)CCOC1. The molecular weight excluding hydrogens is 340 g/mol. The maximum atomic E-state index is 11.3. The summed E-state index contributed by atoms with van der Waals surface area (Å²) >= 11 is 0. The van der Waals surface area contributed by atoms with Crippen molar-refractivity contribution < 1.29 is 14.6 Å². The van der Waals surface area contributed by atoms with Gasteiger partial charge in [-0.2, -0.15) is 5.10 Å². The normalized spacial score (nSPS) is 17.8. The first-order chi connectivity index (χ1) is 13.3. The molecule has 1 aliphatic carbocycles. The number of phenols is 1. The zero-order valence-electron chi connectivity index (χ0n) is 15.6. The number of aldehydes is 1. The number of nitrogens with zero attached hydrogens (tertiary/aromatic N) is 2. The van der Waals surface area contributed by atoms with Crippen LogP contribution in [0.25, 0.3) is 5.57 Å². The monoisotopic (exact) mass is 366 g/mol. The van der Waals surface area contributed by atoms with Crippen molar-refractivity contribution in [3.8, 4) is 5.75 Å². The van der Waals surface area contributed by atoms with E-state index in [9.17, 15) is 9.90 Å². The minimum absolute atomic E-state index is 0.0628. The fourth-order valence-corrected chi connectivity index (χ4v) is 4.09. The Bertz CT molecular complexity index is 849. The summed E-state index contributed by atoms with van der Waals surface area (Å²) in [4.78, 5) is 11.3. The molecule has 1 N–H and O–H groups in total. The predicted molar refractivity (Wildman–Crippen MR) is 104 cm³/mol. The van der Waals surface area contributed by atoms with Gasteiger partial charge in [-0.1, -0.05) is 12.1 Å². The highest BCUT2D eigenvalue weighted by Gasteiger charge is 2.25. The van der Waals surface area contributed by atoms with Gasteiger partial charge in [0.25, 0.3) is 0 Å². The average molecular weight is 366 g/mol. The molecule has 0 atom stereocenters. The molecule has 5 nitrogen and oxygen atoms in total. The number of carbonyl (C=O) groups is 1. The van der Waals surface area contributed by atoms with E-state index in [-0.39, 0.29) is 5.75 Å². The molecule has 4 rings (SSSR count). The molecule has 0 spiro atoms. The second-order valence-corrected chi connectivity index (χ2v) is 7.45. The van der Waals surface area contributed by atoms with Crippen molar-refractivity contribution in [1.29, 1.82) is 0 Å². The van der Waals surface area contributed by atoms with Crippen LogP contribution >= 0.6 is 0 Å². The zero-order chi connectivity index (χ0) is 18.6. The van der Waals surface area contributed by atoms with E-state index in [0.717, 1.165) is 44.1 Å². The molecule has 27 heavy (non-hydrogen) atoms. The van der Waals surface area contributed by atoms with Crippen molar-refractivity contribution in [2.45, 2.75) is 51.0 Å². The van der Waals surface area contributed by atoms with E-state index < -0.39 is 0 Å². The third-order valence-corrected chi connectivity index (χ3v) is 5.82. The van der Waals surface area contributed by atoms with Crippen LogP contribution < -0.4 is 0 Å². The average Bonchev–Trinajstić information content (AvgIpc) is 3.10. The highest BCUT2D eigenvalue weighted by molar-refractivity contribution is 5.81. The molecule has 1 aliphatic heterocycles. The van der Waals surface area contributed by atoms with Crippen LogP contribution in [0.5, 0.6) is 5.75 Å². The van der Waals surface area contributed by atoms with Crippen LogP contribution in [-0.2, 0) is 11.2 Å². The summed E-state index contributed by atoms with van der Waals surface area (Å²) in [6.07, 6.45) is 9.94. The highest BCUT2D eigenvalue weighted by atomic mass is 16.5. The Kier molecular flexibility index (Phi) is 5.39. The predicted octanol–water partition coefficient (Wildman–Crippen LogP) is 4.32. The van der Waals surface area contributed by atoms with Crippen molar-refractivity contribution >= 4 is 11.9 Å². The summed E-state index contributed by atoms with van der Waals surface area (Å²) < 4.78 is 7.95. The summed E-state index contributed by atoms with van der Waals surface area (Å²) in [7, 11) is 0. The molecule has 142 valence electrons. The van der Waals surface area contributed by atoms with Gasteiger partial charge < -0.3 is 9.84 Å². The minimum atomic E-state index is 0.0628. The standard InChI is InChI=1S/C22H26N2O3/c25-14-20-16(5-2-9-22(20)26)4-1-6-17-15-27-13-11-19(17)21-10-12-23-24(21)18-7-3-8-18/h2,5,9-10,12,14,18,26H,1,3-4,6-8,11,13,15H2. The van der Waals surface area contributed by atoms with Crippen molar-refractivity contribution in [3.63, 3.8) is 0 Å². The Morgan fingerprint density at radius 1 is 1.26 bits per heavy atom. The van der Waals surface area contributed by atoms with Gasteiger partial charge in [0, 0.05) is 6.20 Å². The summed E-state index contributed by atoms with van der Waals surface area (Å²) in [6, 6.07) is 7.96. The fraction of sp³-hybridized carbons (Fsp3) is 0.455. The highest BCUT2D eigenvalue weighted by Crippen LogP contribution is 2.36. The Labute approximate surface area is 159 Å². The Balaban J connectivity index is 1.50. The van der Waals surface area contributed by atoms with Crippen LogP contribution in [0, 0.1) is 0 Å². The molecule has 0 unspecified atom stereocenters. The number of aryl methyl sites for hydroxylation is 1. The molecule has 1 saturated carbocycles. The molecule has 1 aromatic carbocycles. The van der Waals surface area contributed by atoms with E-state index in [1.807, 2.05) is 12.3 Å². The lowest BCUT2D eigenvalue weighted by Gasteiger charge is -2.29. The van der Waals surface area contributed by atoms with E-state index in [0.29, 0.717) is 18.2 Å². The summed E-state index contributed by atoms with van der Waals surface area (Å²) in [6.45, 7) is 1.43. The van der Waals surface area contributed by atoms with Crippen LogP contribution in [0.1, 0.15) is 66.2 Å². The van der Waals surface area contributed by atoms with Gasteiger partial charge in [0.2, 0.25) is 0 Å². The first kappa shape index (κ1) is 18.0. The van der Waals surface area contributed by atoms with Gasteiger partial charge in [-0.15, -0.1) is 0 Å². The largest absolute Gasteiger partial charge is 0.507 e. The third-order valence-electron chi connectivity index (χ3n) is 5.82. The maximum Gasteiger partial charge on any atom is 0.154 e. The lowest BCUT2D eigenvalue weighted by atomic mass is 9.91. The van der Waals surface area contributed by atoms with Crippen molar-refractivity contribution in [1.82, 2.24) is 9.78 Å². The topological polar surface area (TPSA) is 64.3 Å². The van der Waals surface area contributed by atoms with E-state index in [1.165, 1.54) is 36.1 Å². The number of aromatic nitrogens is 2. The number of benzene rings is 1. The first-order valence-corrected chi connectivity index (χ1v) is 9.86. The molecule has 1 aromatic heterocycles. The van der Waals surface area contributed by atoms with Gasteiger partial charge in [-0.3, -0.25) is 9.48 Å². The van der Waals surface area contributed by atoms with Crippen LogP contribution in [0.2, 0.25) is 0 Å². The Morgan fingerprint density at radius 2 is 2.15 bits per heavy atom. The lowest BCUT2D eigenvalue weighted by molar-refractivity contribution is 0.112. The number of phenolic OH excluding ortho intramolecular Hbond substituents is 1. The van der Waals surface area contributed by atoms with E-state index in [4.69, 9.17) is 4.74 Å². The van der Waals surface area contributed by atoms with Crippen LogP contribution in [0.15, 0.2) is 36.0 Å². The van der Waals surface area contributed by atoms with Gasteiger partial charge in [0.15, 0.2) is 6.29 Å². The van der Waals surface area contributed by atoms with Crippen molar-refractivity contribution in [2.75, 3.05) is 13.2 Å². The summed E-state index contributed by atoms with van der Waals surface area (Å²) in [5.41, 5.74) is 5.30. The molecule has 1 fully saturated rings. The maximum absolute atomic E-state index is 11.3. The van der Waals surface area contributed by atoms with E-state index in [2.05, 4.69) is 15.8 Å². The van der Waals surface area contributed by atoms with Gasteiger partial charge in [0.05, 0.1) is 30.5 Å². The molecule has 0 radical (unpaired) electrons. The quantitative estimate of drug-likeness (QED) is 0.741. The lowest BCUT2D eigenvalue weighted by Crippen LogP contribution is -2.21. The summed E-state index contributed by atoms with van der Waals surface area (Å²) in [5.74, 6) is 0.0628. The number of aromatic hydroxyl groups is 1. The number of ether oxygens (including phenoxy) is 1. The molecule has 0 bridgehead atoms. The minimum Gasteiger partial charge on any atom is -0.507 e. The zero-order valence-corrected chi connectivity index (χ0v) is 15.6. The van der Waals surface area contributed by atoms with Crippen molar-refractivity contribution in [2.24, 2.45) is 0 Å². The van der Waals surface area contributed by atoms with Gasteiger partial charge in [0.1, 0.15) is 5.75 Å². The molecular formula is C22H26N2O3. The molecule has 0 amide bonds. The molecule has 5 heteroatoms. The number of hydrogen-bond acceptors (Lipinski definition) is 4. The molecule has 2 aromatic rings. The molecule has 0 saturated heterocycles.